The molecule has 2 aliphatic heterocycles. The number of rotatable bonds is 5. The molecule has 0 unspecified atom stereocenters. The van der Waals surface area contributed by atoms with Crippen molar-refractivity contribution >= 4 is 23.5 Å². The minimum absolute atomic E-state index is 0.00374. The fourth-order valence-corrected chi connectivity index (χ4v) is 4.31. The number of anilines is 1. The van der Waals surface area contributed by atoms with Crippen LogP contribution in [0.15, 0.2) is 36.5 Å². The van der Waals surface area contributed by atoms with Gasteiger partial charge in [-0.3, -0.25) is 4.90 Å². The number of piperidine rings is 1. The number of carboxylic acid groups (broad SMARTS) is 1. The fourth-order valence-electron chi connectivity index (χ4n) is 4.18. The molecule has 0 radical (unpaired) electrons. The van der Waals surface area contributed by atoms with E-state index < -0.39 is 30.1 Å². The van der Waals surface area contributed by atoms with E-state index in [0.717, 1.165) is 49.8 Å². The van der Waals surface area contributed by atoms with E-state index in [9.17, 15) is 31.4 Å². The molecule has 4 rings (SSSR count). The number of carbonyl (C=O) groups is 1. The molecule has 0 saturated carbocycles. The van der Waals surface area contributed by atoms with Crippen LogP contribution in [0.5, 0.6) is 0 Å². The normalized spacial score (nSPS) is 21.2. The Hall–Kier alpha value is -2.68. The Kier molecular flexibility index (Phi) is 9.79. The highest BCUT2D eigenvalue weighted by Crippen LogP contribution is 2.29. The number of alkyl halides is 6. The summed E-state index contributed by atoms with van der Waals surface area (Å²) in [6.07, 6.45) is -7.30. The highest BCUT2D eigenvalue weighted by molar-refractivity contribution is 6.30. The SMILES string of the molecule is O=C(O)C(F)(F)F.O[C@@H]1CN(c2nccc(C(F)(F)F)n2)C[C@H]1NC1CCN(Cc2ccc(Cl)cc2)CC1. The Labute approximate surface area is 219 Å². The minimum atomic E-state index is -5.08. The molecule has 3 heterocycles. The number of aliphatic hydroxyl groups is 1. The molecule has 3 N–H and O–H groups in total. The third kappa shape index (κ3) is 8.68. The first-order valence-electron chi connectivity index (χ1n) is 11.6. The van der Waals surface area contributed by atoms with E-state index in [0.29, 0.717) is 6.54 Å². The standard InChI is InChI=1S/C21H25ClF3N5O.C2HF3O2/c22-15-3-1-14(2-4-15)11-29-9-6-16(7-10-29)27-17-12-30(13-18(17)31)20-26-8-5-19(28-20)21(23,24)25;3-2(4,5)1(6)7/h1-5,8,16-18,27,31H,6-7,9-13H2;(H,6,7)/t17-,18-;/m1./s1. The molecule has 2 fully saturated rings. The Bertz CT molecular complexity index is 1060. The van der Waals surface area contributed by atoms with Gasteiger partial charge in [-0.05, 0) is 49.7 Å². The van der Waals surface area contributed by atoms with Gasteiger partial charge in [-0.2, -0.15) is 26.3 Å². The van der Waals surface area contributed by atoms with Gasteiger partial charge in [0, 0.05) is 36.9 Å². The van der Waals surface area contributed by atoms with Crippen LogP contribution in [0.3, 0.4) is 0 Å². The largest absolute Gasteiger partial charge is 0.490 e. The van der Waals surface area contributed by atoms with Gasteiger partial charge in [0.2, 0.25) is 5.95 Å². The van der Waals surface area contributed by atoms with Crippen molar-refractivity contribution in [2.24, 2.45) is 0 Å². The molecule has 1 aromatic heterocycles. The number of aliphatic carboxylic acids is 1. The predicted molar refractivity (Wildman–Crippen MR) is 126 cm³/mol. The lowest BCUT2D eigenvalue weighted by Crippen LogP contribution is -2.49. The van der Waals surface area contributed by atoms with Crippen molar-refractivity contribution in [2.75, 3.05) is 31.1 Å². The third-order valence-corrected chi connectivity index (χ3v) is 6.36. The Morgan fingerprint density at radius 1 is 1.05 bits per heavy atom. The molecule has 2 atom stereocenters. The van der Waals surface area contributed by atoms with Crippen LogP contribution in [-0.4, -0.2) is 81.6 Å². The minimum Gasteiger partial charge on any atom is -0.475 e. The van der Waals surface area contributed by atoms with Crippen molar-refractivity contribution in [3.05, 3.63) is 52.8 Å². The number of nitrogens with one attached hydrogen (secondary N) is 1. The van der Waals surface area contributed by atoms with Gasteiger partial charge in [0.05, 0.1) is 12.1 Å². The maximum Gasteiger partial charge on any atom is 0.490 e. The number of nitrogens with zero attached hydrogens (tertiary/aromatic N) is 4. The molecule has 8 nitrogen and oxygen atoms in total. The number of aromatic nitrogens is 2. The van der Waals surface area contributed by atoms with Crippen LogP contribution in [0.25, 0.3) is 0 Å². The van der Waals surface area contributed by atoms with E-state index in [1.54, 1.807) is 4.90 Å². The van der Waals surface area contributed by atoms with E-state index in [2.05, 4.69) is 20.2 Å². The lowest BCUT2D eigenvalue weighted by atomic mass is 10.0. The van der Waals surface area contributed by atoms with Crippen molar-refractivity contribution in [2.45, 2.75) is 49.9 Å². The zero-order valence-electron chi connectivity index (χ0n) is 19.9. The van der Waals surface area contributed by atoms with Gasteiger partial charge in [0.1, 0.15) is 5.69 Å². The molecule has 0 spiro atoms. The van der Waals surface area contributed by atoms with Gasteiger partial charge < -0.3 is 20.4 Å². The van der Waals surface area contributed by atoms with Crippen molar-refractivity contribution in [1.29, 1.82) is 0 Å². The van der Waals surface area contributed by atoms with Crippen LogP contribution >= 0.6 is 11.6 Å². The van der Waals surface area contributed by atoms with Crippen LogP contribution in [0.4, 0.5) is 32.3 Å². The highest BCUT2D eigenvalue weighted by atomic mass is 35.5. The van der Waals surface area contributed by atoms with Crippen LogP contribution < -0.4 is 10.2 Å². The van der Waals surface area contributed by atoms with Gasteiger partial charge in [0.25, 0.3) is 0 Å². The predicted octanol–water partition coefficient (Wildman–Crippen LogP) is 3.59. The number of halogens is 7. The van der Waals surface area contributed by atoms with Crippen molar-refractivity contribution in [1.82, 2.24) is 20.2 Å². The summed E-state index contributed by atoms with van der Waals surface area (Å²) in [5.41, 5.74) is 0.246. The van der Waals surface area contributed by atoms with E-state index in [4.69, 9.17) is 21.5 Å². The average Bonchev–Trinajstić information content (AvgIpc) is 3.21. The number of carboxylic acids is 1. The number of likely N-dealkylation sites (tertiary alicyclic amines) is 1. The van der Waals surface area contributed by atoms with E-state index in [1.807, 2.05) is 24.3 Å². The van der Waals surface area contributed by atoms with Gasteiger partial charge in [-0.25, -0.2) is 14.8 Å². The Balaban J connectivity index is 0.000000505. The van der Waals surface area contributed by atoms with Gasteiger partial charge >= 0.3 is 18.3 Å². The zero-order valence-corrected chi connectivity index (χ0v) is 20.6. The summed E-state index contributed by atoms with van der Waals surface area (Å²) in [4.78, 5) is 20.5. The molecular formula is C23H26ClF6N5O3. The van der Waals surface area contributed by atoms with Crippen LogP contribution in [-0.2, 0) is 17.5 Å². The zero-order chi connectivity index (χ0) is 28.1. The van der Waals surface area contributed by atoms with Crippen molar-refractivity contribution in [3.8, 4) is 0 Å². The van der Waals surface area contributed by atoms with Gasteiger partial charge in [-0.1, -0.05) is 23.7 Å². The summed E-state index contributed by atoms with van der Waals surface area (Å²) in [5, 5.41) is 21.8. The van der Waals surface area contributed by atoms with E-state index in [-0.39, 0.29) is 24.6 Å². The molecule has 0 bridgehead atoms. The topological polar surface area (TPSA) is 102 Å². The fraction of sp³-hybridized carbons (Fsp3) is 0.522. The van der Waals surface area contributed by atoms with Crippen LogP contribution in [0, 0.1) is 0 Å². The number of hydrogen-bond acceptors (Lipinski definition) is 7. The second-order valence-electron chi connectivity index (χ2n) is 8.96. The molecule has 2 saturated heterocycles. The first-order valence-corrected chi connectivity index (χ1v) is 12.0. The van der Waals surface area contributed by atoms with Gasteiger partial charge in [-0.15, -0.1) is 0 Å². The smallest absolute Gasteiger partial charge is 0.475 e. The number of β-amino-alcohol motifs (C(OH)–C–C–N with tert-alkyl or cyclic N) is 1. The van der Waals surface area contributed by atoms with E-state index in [1.165, 1.54) is 5.56 Å². The highest BCUT2D eigenvalue weighted by Gasteiger charge is 2.38. The molecular weight excluding hydrogens is 544 g/mol. The molecule has 2 aliphatic rings. The number of hydrogen-bond donors (Lipinski definition) is 3. The van der Waals surface area contributed by atoms with Crippen LogP contribution in [0.1, 0.15) is 24.1 Å². The van der Waals surface area contributed by atoms with Crippen LogP contribution in [0.2, 0.25) is 5.02 Å². The molecule has 1 aromatic carbocycles. The lowest BCUT2D eigenvalue weighted by Gasteiger charge is -2.34. The molecule has 210 valence electrons. The maximum atomic E-state index is 12.9. The quantitative estimate of drug-likeness (QED) is 0.470. The summed E-state index contributed by atoms with van der Waals surface area (Å²) in [6, 6.07) is 8.73. The average molecular weight is 570 g/mol. The molecule has 0 amide bonds. The summed E-state index contributed by atoms with van der Waals surface area (Å²) >= 11 is 5.94. The summed E-state index contributed by atoms with van der Waals surface area (Å²) in [6.45, 7) is 3.31. The van der Waals surface area contributed by atoms with Gasteiger partial charge in [0.15, 0.2) is 0 Å². The second-order valence-corrected chi connectivity index (χ2v) is 9.40. The van der Waals surface area contributed by atoms with Crippen molar-refractivity contribution < 1.29 is 41.4 Å². The summed E-state index contributed by atoms with van der Waals surface area (Å²) in [7, 11) is 0. The Morgan fingerprint density at radius 2 is 1.66 bits per heavy atom. The number of benzene rings is 1. The molecule has 0 aliphatic carbocycles. The Morgan fingerprint density at radius 3 is 2.21 bits per heavy atom. The lowest BCUT2D eigenvalue weighted by molar-refractivity contribution is -0.192. The third-order valence-electron chi connectivity index (χ3n) is 6.10. The van der Waals surface area contributed by atoms with Crippen molar-refractivity contribution in [3.63, 3.8) is 0 Å². The first kappa shape index (κ1) is 29.9. The number of aliphatic hydroxyl groups excluding tert-OH is 1. The molecule has 2 aromatic rings. The second kappa shape index (κ2) is 12.5. The summed E-state index contributed by atoms with van der Waals surface area (Å²) in [5.74, 6) is -2.76. The first-order chi connectivity index (χ1) is 17.7. The molecule has 15 heteroatoms. The monoisotopic (exact) mass is 569 g/mol. The summed E-state index contributed by atoms with van der Waals surface area (Å²) < 4.78 is 70.5. The molecule has 38 heavy (non-hydrogen) atoms. The van der Waals surface area contributed by atoms with E-state index >= 15 is 0 Å². The maximum absolute atomic E-state index is 12.9.